The third-order valence-corrected chi connectivity index (χ3v) is 3.70. The van der Waals surface area contributed by atoms with Crippen LogP contribution in [0.4, 0.5) is 5.95 Å². The highest BCUT2D eigenvalue weighted by Gasteiger charge is 2.22. The van der Waals surface area contributed by atoms with Crippen LogP contribution < -0.4 is 10.2 Å². The second-order valence-corrected chi connectivity index (χ2v) is 5.15. The Hall–Kier alpha value is -2.43. The fourth-order valence-corrected chi connectivity index (χ4v) is 2.54. The first-order valence-electron chi connectivity index (χ1n) is 7.21. The van der Waals surface area contributed by atoms with Gasteiger partial charge in [0.25, 0.3) is 5.91 Å². The van der Waals surface area contributed by atoms with E-state index in [1.54, 1.807) is 12.4 Å². The molecule has 5 nitrogen and oxygen atoms in total. The van der Waals surface area contributed by atoms with Crippen molar-refractivity contribution in [3.8, 4) is 0 Å². The van der Waals surface area contributed by atoms with Crippen molar-refractivity contribution in [2.75, 3.05) is 18.0 Å². The van der Waals surface area contributed by atoms with Crippen molar-refractivity contribution < 1.29 is 4.79 Å². The van der Waals surface area contributed by atoms with Gasteiger partial charge in [0.2, 0.25) is 5.95 Å². The predicted octanol–water partition coefficient (Wildman–Crippen LogP) is 1.88. The van der Waals surface area contributed by atoms with Crippen LogP contribution in [-0.4, -0.2) is 35.0 Å². The zero-order valence-corrected chi connectivity index (χ0v) is 11.8. The molecule has 1 aliphatic heterocycles. The SMILES string of the molecule is O=C(NC1CCN(c2ncccn2)CC1)c1ccccc1. The lowest BCUT2D eigenvalue weighted by Crippen LogP contribution is -2.45. The quantitative estimate of drug-likeness (QED) is 0.933. The molecule has 0 aliphatic carbocycles. The summed E-state index contributed by atoms with van der Waals surface area (Å²) in [7, 11) is 0. The summed E-state index contributed by atoms with van der Waals surface area (Å²) in [4.78, 5) is 22.8. The molecule has 0 atom stereocenters. The number of rotatable bonds is 3. The fraction of sp³-hybridized carbons (Fsp3) is 0.312. The van der Waals surface area contributed by atoms with Gasteiger partial charge < -0.3 is 10.2 Å². The van der Waals surface area contributed by atoms with Crippen molar-refractivity contribution in [2.45, 2.75) is 18.9 Å². The van der Waals surface area contributed by atoms with E-state index in [9.17, 15) is 4.79 Å². The van der Waals surface area contributed by atoms with Gasteiger partial charge in [-0.15, -0.1) is 0 Å². The summed E-state index contributed by atoms with van der Waals surface area (Å²) < 4.78 is 0. The minimum absolute atomic E-state index is 0.00464. The smallest absolute Gasteiger partial charge is 0.251 e. The number of piperidine rings is 1. The van der Waals surface area contributed by atoms with Gasteiger partial charge in [0.05, 0.1) is 0 Å². The average molecular weight is 282 g/mol. The number of carbonyl (C=O) groups is 1. The number of anilines is 1. The molecular weight excluding hydrogens is 264 g/mol. The number of nitrogens with zero attached hydrogens (tertiary/aromatic N) is 3. The molecule has 5 heteroatoms. The zero-order valence-electron chi connectivity index (χ0n) is 11.8. The van der Waals surface area contributed by atoms with Crippen LogP contribution in [-0.2, 0) is 0 Å². The van der Waals surface area contributed by atoms with Crippen molar-refractivity contribution in [2.24, 2.45) is 0 Å². The van der Waals surface area contributed by atoms with Gasteiger partial charge in [0.1, 0.15) is 0 Å². The molecule has 1 aromatic heterocycles. The van der Waals surface area contributed by atoms with Crippen LogP contribution in [0.5, 0.6) is 0 Å². The Bertz CT molecular complexity index is 580. The monoisotopic (exact) mass is 282 g/mol. The first-order chi connectivity index (χ1) is 10.3. The number of amides is 1. The van der Waals surface area contributed by atoms with Crippen LogP contribution in [0.1, 0.15) is 23.2 Å². The van der Waals surface area contributed by atoms with Crippen molar-refractivity contribution in [3.05, 3.63) is 54.4 Å². The summed E-state index contributed by atoms with van der Waals surface area (Å²) in [6, 6.07) is 11.4. The van der Waals surface area contributed by atoms with Crippen LogP contribution in [0.15, 0.2) is 48.8 Å². The normalized spacial score (nSPS) is 15.7. The lowest BCUT2D eigenvalue weighted by atomic mass is 10.0. The van der Waals surface area contributed by atoms with E-state index in [1.807, 2.05) is 36.4 Å². The molecule has 108 valence electrons. The maximum atomic E-state index is 12.1. The highest BCUT2D eigenvalue weighted by atomic mass is 16.1. The Kier molecular flexibility index (Phi) is 4.09. The lowest BCUT2D eigenvalue weighted by molar-refractivity contribution is 0.0931. The fourth-order valence-electron chi connectivity index (χ4n) is 2.54. The third kappa shape index (κ3) is 3.37. The molecule has 2 aromatic rings. The van der Waals surface area contributed by atoms with Gasteiger partial charge >= 0.3 is 0 Å². The maximum Gasteiger partial charge on any atom is 0.251 e. The van der Waals surface area contributed by atoms with Gasteiger partial charge in [-0.3, -0.25) is 4.79 Å². The number of hydrogen-bond donors (Lipinski definition) is 1. The third-order valence-electron chi connectivity index (χ3n) is 3.70. The van der Waals surface area contributed by atoms with Gasteiger partial charge in [-0.1, -0.05) is 18.2 Å². The molecular formula is C16H18N4O. The molecule has 0 radical (unpaired) electrons. The number of carbonyl (C=O) groups excluding carboxylic acids is 1. The van der Waals surface area contributed by atoms with Crippen LogP contribution >= 0.6 is 0 Å². The highest BCUT2D eigenvalue weighted by Crippen LogP contribution is 2.15. The van der Waals surface area contributed by atoms with Crippen molar-refractivity contribution >= 4 is 11.9 Å². The van der Waals surface area contributed by atoms with Crippen molar-refractivity contribution in [1.82, 2.24) is 15.3 Å². The van der Waals surface area contributed by atoms with Gasteiger partial charge in [-0.05, 0) is 31.0 Å². The second-order valence-electron chi connectivity index (χ2n) is 5.15. The van der Waals surface area contributed by atoms with E-state index >= 15 is 0 Å². The predicted molar refractivity (Wildman–Crippen MR) is 81.2 cm³/mol. The van der Waals surface area contributed by atoms with E-state index < -0.39 is 0 Å². The van der Waals surface area contributed by atoms with Crippen molar-refractivity contribution in [3.63, 3.8) is 0 Å². The Balaban J connectivity index is 1.53. The topological polar surface area (TPSA) is 58.1 Å². The molecule has 1 fully saturated rings. The molecule has 0 saturated carbocycles. The summed E-state index contributed by atoms with van der Waals surface area (Å²) >= 11 is 0. The molecule has 2 heterocycles. The van der Waals surface area contributed by atoms with E-state index in [1.165, 1.54) is 0 Å². The number of aromatic nitrogens is 2. The summed E-state index contributed by atoms with van der Waals surface area (Å²) in [5.41, 5.74) is 0.714. The molecule has 3 rings (SSSR count). The second kappa shape index (κ2) is 6.35. The van der Waals surface area contributed by atoms with Crippen LogP contribution in [0.2, 0.25) is 0 Å². The molecule has 21 heavy (non-hydrogen) atoms. The van der Waals surface area contributed by atoms with Crippen LogP contribution in [0.25, 0.3) is 0 Å². The Morgan fingerprint density at radius 1 is 1.05 bits per heavy atom. The minimum Gasteiger partial charge on any atom is -0.349 e. The maximum absolute atomic E-state index is 12.1. The summed E-state index contributed by atoms with van der Waals surface area (Å²) in [6.45, 7) is 1.73. The summed E-state index contributed by atoms with van der Waals surface area (Å²) in [5.74, 6) is 0.773. The van der Waals surface area contributed by atoms with E-state index in [0.717, 1.165) is 31.9 Å². The number of hydrogen-bond acceptors (Lipinski definition) is 4. The molecule has 1 saturated heterocycles. The Labute approximate surface area is 124 Å². The first-order valence-corrected chi connectivity index (χ1v) is 7.21. The van der Waals surface area contributed by atoms with Gasteiger partial charge in [0.15, 0.2) is 0 Å². The first kappa shape index (κ1) is 13.5. The zero-order chi connectivity index (χ0) is 14.5. The lowest BCUT2D eigenvalue weighted by Gasteiger charge is -2.32. The van der Waals surface area contributed by atoms with E-state index in [-0.39, 0.29) is 11.9 Å². The highest BCUT2D eigenvalue weighted by molar-refractivity contribution is 5.94. The Morgan fingerprint density at radius 2 is 1.71 bits per heavy atom. The molecule has 0 bridgehead atoms. The summed E-state index contributed by atoms with van der Waals surface area (Å²) in [6.07, 6.45) is 5.34. The van der Waals surface area contributed by atoms with E-state index in [0.29, 0.717) is 5.56 Å². The van der Waals surface area contributed by atoms with Crippen LogP contribution in [0, 0.1) is 0 Å². The standard InChI is InChI=1S/C16H18N4O/c21-15(13-5-2-1-3-6-13)19-14-7-11-20(12-8-14)16-17-9-4-10-18-16/h1-6,9-10,14H,7-8,11-12H2,(H,19,21). The average Bonchev–Trinajstić information content (AvgIpc) is 2.57. The Morgan fingerprint density at radius 3 is 2.38 bits per heavy atom. The molecule has 1 amide bonds. The molecule has 1 aromatic carbocycles. The summed E-state index contributed by atoms with van der Waals surface area (Å²) in [5, 5.41) is 3.10. The van der Waals surface area contributed by atoms with E-state index in [2.05, 4.69) is 20.2 Å². The molecule has 0 unspecified atom stereocenters. The number of benzene rings is 1. The largest absolute Gasteiger partial charge is 0.349 e. The van der Waals surface area contributed by atoms with Gasteiger partial charge in [0, 0.05) is 37.1 Å². The molecule has 1 N–H and O–H groups in total. The van der Waals surface area contributed by atoms with Crippen molar-refractivity contribution in [1.29, 1.82) is 0 Å². The number of nitrogens with one attached hydrogen (secondary N) is 1. The van der Waals surface area contributed by atoms with E-state index in [4.69, 9.17) is 0 Å². The van der Waals surface area contributed by atoms with Gasteiger partial charge in [-0.2, -0.15) is 0 Å². The molecule has 0 spiro atoms. The van der Waals surface area contributed by atoms with Crippen LogP contribution in [0.3, 0.4) is 0 Å². The minimum atomic E-state index is 0.00464. The van der Waals surface area contributed by atoms with Gasteiger partial charge in [-0.25, -0.2) is 9.97 Å². The molecule has 1 aliphatic rings.